The van der Waals surface area contributed by atoms with Gasteiger partial charge in [0.05, 0.1) is 17.3 Å². The van der Waals surface area contributed by atoms with Crippen molar-refractivity contribution in [2.75, 3.05) is 5.32 Å². The molecule has 1 aromatic carbocycles. The average Bonchev–Trinajstić information content (AvgIpc) is 2.38. The van der Waals surface area contributed by atoms with Gasteiger partial charge in [-0.05, 0) is 24.6 Å². The smallest absolute Gasteiger partial charge is 0.335 e. The van der Waals surface area contributed by atoms with Crippen LogP contribution in [0, 0.1) is 0 Å². The Morgan fingerprint density at radius 3 is 2.68 bits per heavy atom. The molecule has 0 aromatic heterocycles. The highest BCUT2D eigenvalue weighted by atomic mass is 16.4. The van der Waals surface area contributed by atoms with Crippen molar-refractivity contribution in [1.82, 2.24) is 0 Å². The highest BCUT2D eigenvalue weighted by Crippen LogP contribution is 2.24. The molecule has 0 spiro atoms. The second-order valence-electron chi connectivity index (χ2n) is 4.28. The molecule has 0 aliphatic heterocycles. The Hall–Kier alpha value is -2.08. The Balaban J connectivity index is 2.78. The Kier molecular flexibility index (Phi) is 5.32. The SMILES string of the molecule is CCCC[C@H](N)C(=O)Nc1cc(C(=O)O)ccc1O. The number of unbranched alkanes of at least 4 members (excludes halogenated alkanes) is 1. The third-order valence-corrected chi connectivity index (χ3v) is 2.71. The molecule has 0 heterocycles. The third kappa shape index (κ3) is 4.26. The summed E-state index contributed by atoms with van der Waals surface area (Å²) in [5, 5.41) is 20.9. The van der Waals surface area contributed by atoms with Crippen molar-refractivity contribution < 1.29 is 19.8 Å². The van der Waals surface area contributed by atoms with E-state index in [1.54, 1.807) is 0 Å². The highest BCUT2D eigenvalue weighted by molar-refractivity contribution is 5.97. The molecular formula is C13H18N2O4. The van der Waals surface area contributed by atoms with Crippen molar-refractivity contribution in [3.05, 3.63) is 23.8 Å². The summed E-state index contributed by atoms with van der Waals surface area (Å²) < 4.78 is 0. The topological polar surface area (TPSA) is 113 Å². The molecule has 0 bridgehead atoms. The minimum atomic E-state index is -1.13. The lowest BCUT2D eigenvalue weighted by Crippen LogP contribution is -2.35. The van der Waals surface area contributed by atoms with E-state index in [2.05, 4.69) is 5.32 Å². The minimum Gasteiger partial charge on any atom is -0.506 e. The second-order valence-corrected chi connectivity index (χ2v) is 4.28. The van der Waals surface area contributed by atoms with Crippen molar-refractivity contribution >= 4 is 17.6 Å². The van der Waals surface area contributed by atoms with E-state index in [1.807, 2.05) is 6.92 Å². The molecule has 1 amide bonds. The summed E-state index contributed by atoms with van der Waals surface area (Å²) >= 11 is 0. The van der Waals surface area contributed by atoms with Crippen molar-refractivity contribution in [2.45, 2.75) is 32.2 Å². The minimum absolute atomic E-state index is 0.0183. The molecule has 0 fully saturated rings. The number of carboxylic acids is 1. The van der Waals surface area contributed by atoms with Crippen LogP contribution < -0.4 is 11.1 Å². The lowest BCUT2D eigenvalue weighted by Gasteiger charge is -2.13. The summed E-state index contributed by atoms with van der Waals surface area (Å²) in [7, 11) is 0. The molecule has 5 N–H and O–H groups in total. The predicted octanol–water partition coefficient (Wildman–Crippen LogP) is 1.55. The Bertz CT molecular complexity index is 474. The van der Waals surface area contributed by atoms with E-state index in [4.69, 9.17) is 10.8 Å². The van der Waals surface area contributed by atoms with Crippen LogP contribution in [0.15, 0.2) is 18.2 Å². The van der Waals surface area contributed by atoms with Gasteiger partial charge in [0.25, 0.3) is 0 Å². The molecule has 6 nitrogen and oxygen atoms in total. The van der Waals surface area contributed by atoms with Gasteiger partial charge in [-0.1, -0.05) is 19.8 Å². The number of hydrogen-bond donors (Lipinski definition) is 4. The number of carbonyl (C=O) groups is 2. The fourth-order valence-electron chi connectivity index (χ4n) is 1.55. The second kappa shape index (κ2) is 6.75. The summed E-state index contributed by atoms with van der Waals surface area (Å²) in [4.78, 5) is 22.6. The van der Waals surface area contributed by atoms with Crippen LogP contribution in [-0.4, -0.2) is 28.1 Å². The molecule has 0 radical (unpaired) electrons. The van der Waals surface area contributed by atoms with Crippen LogP contribution in [0.1, 0.15) is 36.5 Å². The Labute approximate surface area is 111 Å². The molecule has 0 aliphatic carbocycles. The number of nitrogens with one attached hydrogen (secondary N) is 1. The largest absolute Gasteiger partial charge is 0.506 e. The molecule has 0 aliphatic rings. The number of carboxylic acid groups (broad SMARTS) is 1. The van der Waals surface area contributed by atoms with E-state index in [-0.39, 0.29) is 17.0 Å². The Morgan fingerprint density at radius 2 is 2.11 bits per heavy atom. The van der Waals surface area contributed by atoms with Gasteiger partial charge < -0.3 is 21.3 Å². The van der Waals surface area contributed by atoms with E-state index < -0.39 is 17.9 Å². The number of aromatic carboxylic acids is 1. The summed E-state index contributed by atoms with van der Waals surface area (Å²) in [5.74, 6) is -1.77. The van der Waals surface area contributed by atoms with Gasteiger partial charge in [-0.2, -0.15) is 0 Å². The zero-order valence-corrected chi connectivity index (χ0v) is 10.7. The standard InChI is InChI=1S/C13H18N2O4/c1-2-3-4-9(14)12(17)15-10-7-8(13(18)19)5-6-11(10)16/h5-7,9,16H,2-4,14H2,1H3,(H,15,17)(H,18,19)/t9-/m0/s1. The van der Waals surface area contributed by atoms with Crippen molar-refractivity contribution in [3.8, 4) is 5.75 Å². The summed E-state index contributed by atoms with van der Waals surface area (Å²) in [6.45, 7) is 1.99. The van der Waals surface area contributed by atoms with E-state index >= 15 is 0 Å². The number of nitrogens with two attached hydrogens (primary N) is 1. The van der Waals surface area contributed by atoms with Gasteiger partial charge in [-0.3, -0.25) is 4.79 Å². The van der Waals surface area contributed by atoms with Crippen LogP contribution in [0.25, 0.3) is 0 Å². The number of hydrogen-bond acceptors (Lipinski definition) is 4. The summed E-state index contributed by atoms with van der Waals surface area (Å²) in [6, 6.07) is 3.00. The van der Waals surface area contributed by atoms with Crippen LogP contribution in [0.2, 0.25) is 0 Å². The van der Waals surface area contributed by atoms with Gasteiger partial charge in [-0.15, -0.1) is 0 Å². The molecule has 0 saturated heterocycles. The van der Waals surface area contributed by atoms with Gasteiger partial charge in [0.15, 0.2) is 0 Å². The fraction of sp³-hybridized carbons (Fsp3) is 0.385. The molecule has 1 aromatic rings. The quantitative estimate of drug-likeness (QED) is 0.583. The first-order chi connectivity index (χ1) is 8.95. The first-order valence-electron chi connectivity index (χ1n) is 6.08. The molecule has 1 atom stereocenters. The predicted molar refractivity (Wildman–Crippen MR) is 71.2 cm³/mol. The number of phenols is 1. The van der Waals surface area contributed by atoms with Gasteiger partial charge in [0.1, 0.15) is 5.75 Å². The molecule has 104 valence electrons. The average molecular weight is 266 g/mol. The number of carbonyl (C=O) groups excluding carboxylic acids is 1. The van der Waals surface area contributed by atoms with Gasteiger partial charge in [0.2, 0.25) is 5.91 Å². The number of amides is 1. The zero-order chi connectivity index (χ0) is 14.4. The number of aromatic hydroxyl groups is 1. The monoisotopic (exact) mass is 266 g/mol. The molecule has 0 saturated carbocycles. The maximum absolute atomic E-state index is 11.8. The lowest BCUT2D eigenvalue weighted by molar-refractivity contribution is -0.117. The van der Waals surface area contributed by atoms with Crippen molar-refractivity contribution in [1.29, 1.82) is 0 Å². The normalized spacial score (nSPS) is 11.9. The molecule has 6 heteroatoms. The number of benzene rings is 1. The molecule has 19 heavy (non-hydrogen) atoms. The lowest BCUT2D eigenvalue weighted by atomic mass is 10.1. The van der Waals surface area contributed by atoms with Gasteiger partial charge >= 0.3 is 5.97 Å². The zero-order valence-electron chi connectivity index (χ0n) is 10.7. The van der Waals surface area contributed by atoms with Crippen LogP contribution in [0.5, 0.6) is 5.75 Å². The Morgan fingerprint density at radius 1 is 1.42 bits per heavy atom. The van der Waals surface area contributed by atoms with Gasteiger partial charge in [-0.25, -0.2) is 4.79 Å². The maximum Gasteiger partial charge on any atom is 0.335 e. The van der Waals surface area contributed by atoms with E-state index in [0.29, 0.717) is 6.42 Å². The van der Waals surface area contributed by atoms with Crippen LogP contribution in [0.3, 0.4) is 0 Å². The molecular weight excluding hydrogens is 248 g/mol. The first kappa shape index (κ1) is 15.0. The van der Waals surface area contributed by atoms with Gasteiger partial charge in [0, 0.05) is 0 Å². The van der Waals surface area contributed by atoms with Crippen molar-refractivity contribution in [3.63, 3.8) is 0 Å². The number of rotatable bonds is 6. The van der Waals surface area contributed by atoms with Crippen LogP contribution >= 0.6 is 0 Å². The van der Waals surface area contributed by atoms with Crippen LogP contribution in [0.4, 0.5) is 5.69 Å². The maximum atomic E-state index is 11.8. The third-order valence-electron chi connectivity index (χ3n) is 2.71. The fourth-order valence-corrected chi connectivity index (χ4v) is 1.55. The number of phenolic OH excluding ortho intramolecular Hbond substituents is 1. The summed E-state index contributed by atoms with van der Waals surface area (Å²) in [5.41, 5.74) is 5.72. The molecule has 0 unspecified atom stereocenters. The number of anilines is 1. The van der Waals surface area contributed by atoms with E-state index in [9.17, 15) is 14.7 Å². The first-order valence-corrected chi connectivity index (χ1v) is 6.08. The highest BCUT2D eigenvalue weighted by Gasteiger charge is 2.15. The molecule has 1 rings (SSSR count). The van der Waals surface area contributed by atoms with Crippen molar-refractivity contribution in [2.24, 2.45) is 5.73 Å². The van der Waals surface area contributed by atoms with E-state index in [1.165, 1.54) is 18.2 Å². The van der Waals surface area contributed by atoms with E-state index in [0.717, 1.165) is 12.8 Å². The van der Waals surface area contributed by atoms with Crippen LogP contribution in [-0.2, 0) is 4.79 Å². The summed E-state index contributed by atoms with van der Waals surface area (Å²) in [6.07, 6.45) is 2.30.